The molecule has 2 atom stereocenters. The van der Waals surface area contributed by atoms with Crippen molar-refractivity contribution in [2.45, 2.75) is 72.9 Å². The molecule has 2 unspecified atom stereocenters. The molecular weight excluding hydrogens is 162 g/mol. The molecule has 0 aromatic carbocycles. The van der Waals surface area contributed by atoms with Gasteiger partial charge in [0.15, 0.2) is 0 Å². The van der Waals surface area contributed by atoms with Gasteiger partial charge < -0.3 is 5.21 Å². The summed E-state index contributed by atoms with van der Waals surface area (Å²) in [6.45, 7) is 4.20. The van der Waals surface area contributed by atoms with E-state index in [9.17, 15) is 5.21 Å². The number of hydrogen-bond acceptors (Lipinski definition) is 2. The van der Waals surface area contributed by atoms with Gasteiger partial charge in [-0.3, -0.25) is 0 Å². The lowest BCUT2D eigenvalue weighted by atomic mass is 10.0. The standard InChI is InChI=1S/C9H19NO.2CH4/c1-8-6-4-3-5-7-9(2)10(8)11;;/h8-9,11H,3-7H2,1-2H3;2*1H4. The van der Waals surface area contributed by atoms with E-state index in [1.165, 1.54) is 24.3 Å². The van der Waals surface area contributed by atoms with Crippen molar-refractivity contribution in [2.75, 3.05) is 0 Å². The molecule has 0 radical (unpaired) electrons. The first-order valence-electron chi connectivity index (χ1n) is 4.69. The average molecular weight is 189 g/mol. The van der Waals surface area contributed by atoms with Crippen molar-refractivity contribution in [3.8, 4) is 0 Å². The lowest BCUT2D eigenvalue weighted by Gasteiger charge is -2.30. The molecule has 13 heavy (non-hydrogen) atoms. The minimum absolute atomic E-state index is 0. The van der Waals surface area contributed by atoms with Crippen LogP contribution in [0.3, 0.4) is 0 Å². The normalized spacial score (nSPS) is 30.7. The summed E-state index contributed by atoms with van der Waals surface area (Å²) in [6, 6.07) is 0.704. The van der Waals surface area contributed by atoms with Crippen LogP contribution in [0.25, 0.3) is 0 Å². The van der Waals surface area contributed by atoms with Gasteiger partial charge in [-0.05, 0) is 26.7 Å². The highest BCUT2D eigenvalue weighted by molar-refractivity contribution is 4.69. The predicted octanol–water partition coefficient (Wildman–Crippen LogP) is 3.69. The molecule has 0 saturated carbocycles. The highest BCUT2D eigenvalue weighted by atomic mass is 16.5. The Labute approximate surface area is 83.9 Å². The summed E-state index contributed by atoms with van der Waals surface area (Å²) < 4.78 is 0. The van der Waals surface area contributed by atoms with Gasteiger partial charge in [-0.25, -0.2) is 0 Å². The third-order valence-corrected chi connectivity index (χ3v) is 2.65. The van der Waals surface area contributed by atoms with Gasteiger partial charge in [0.25, 0.3) is 0 Å². The monoisotopic (exact) mass is 189 g/mol. The molecule has 1 aliphatic heterocycles. The Bertz CT molecular complexity index is 105. The Morgan fingerprint density at radius 1 is 0.923 bits per heavy atom. The van der Waals surface area contributed by atoms with Crippen molar-refractivity contribution < 1.29 is 5.21 Å². The molecule has 2 heteroatoms. The predicted molar refractivity (Wildman–Crippen MR) is 59.1 cm³/mol. The van der Waals surface area contributed by atoms with Crippen molar-refractivity contribution in [2.24, 2.45) is 0 Å². The third kappa shape index (κ3) is 4.63. The fourth-order valence-electron chi connectivity index (χ4n) is 1.76. The summed E-state index contributed by atoms with van der Waals surface area (Å²) in [7, 11) is 0. The van der Waals surface area contributed by atoms with E-state index in [1.54, 1.807) is 0 Å². The van der Waals surface area contributed by atoms with Gasteiger partial charge in [0.2, 0.25) is 0 Å². The van der Waals surface area contributed by atoms with Crippen molar-refractivity contribution >= 4 is 0 Å². The second-order valence-corrected chi connectivity index (χ2v) is 3.72. The Kier molecular flexibility index (Phi) is 8.69. The molecule has 0 aliphatic carbocycles. The van der Waals surface area contributed by atoms with Gasteiger partial charge >= 0.3 is 0 Å². The Morgan fingerprint density at radius 2 is 1.31 bits per heavy atom. The highest BCUT2D eigenvalue weighted by Gasteiger charge is 2.19. The maximum absolute atomic E-state index is 9.58. The van der Waals surface area contributed by atoms with Crippen molar-refractivity contribution in [1.82, 2.24) is 5.06 Å². The van der Waals surface area contributed by atoms with Gasteiger partial charge in [0.1, 0.15) is 0 Å². The Hall–Kier alpha value is -0.0800. The fraction of sp³-hybridized carbons (Fsp3) is 1.00. The molecule has 2 nitrogen and oxygen atoms in total. The Balaban J connectivity index is 0. The van der Waals surface area contributed by atoms with E-state index in [0.717, 1.165) is 12.8 Å². The number of rotatable bonds is 0. The maximum Gasteiger partial charge on any atom is 0.0325 e. The molecule has 0 amide bonds. The SMILES string of the molecule is C.C.CC1CCCCCC(C)N1O. The van der Waals surface area contributed by atoms with Gasteiger partial charge in [-0.15, -0.1) is 0 Å². The number of nitrogens with zero attached hydrogens (tertiary/aromatic N) is 1. The van der Waals surface area contributed by atoms with Crippen LogP contribution in [0, 0.1) is 0 Å². The quantitative estimate of drug-likeness (QED) is 0.628. The van der Waals surface area contributed by atoms with Crippen LogP contribution in [0.5, 0.6) is 0 Å². The van der Waals surface area contributed by atoms with Crippen LogP contribution in [-0.2, 0) is 0 Å². The van der Waals surface area contributed by atoms with E-state index in [4.69, 9.17) is 0 Å². The van der Waals surface area contributed by atoms with E-state index in [0.29, 0.717) is 12.1 Å². The molecule has 1 N–H and O–H groups in total. The average Bonchev–Trinajstić information content (AvgIpc) is 2.00. The molecule has 0 spiro atoms. The second-order valence-electron chi connectivity index (χ2n) is 3.72. The first-order valence-corrected chi connectivity index (χ1v) is 4.69. The molecule has 1 aliphatic rings. The summed E-state index contributed by atoms with van der Waals surface area (Å²) >= 11 is 0. The van der Waals surface area contributed by atoms with Crippen molar-refractivity contribution in [1.29, 1.82) is 0 Å². The summed E-state index contributed by atoms with van der Waals surface area (Å²) in [6.07, 6.45) is 6.15. The van der Waals surface area contributed by atoms with Crippen molar-refractivity contribution in [3.63, 3.8) is 0 Å². The minimum Gasteiger partial charge on any atom is -0.313 e. The zero-order chi connectivity index (χ0) is 8.27. The molecule has 1 fully saturated rings. The van der Waals surface area contributed by atoms with Crippen LogP contribution >= 0.6 is 0 Å². The van der Waals surface area contributed by atoms with E-state index in [2.05, 4.69) is 13.8 Å². The summed E-state index contributed by atoms with van der Waals surface area (Å²) in [5, 5.41) is 11.1. The molecule has 1 heterocycles. The zero-order valence-electron chi connectivity index (χ0n) is 7.58. The number of hydroxylamine groups is 2. The number of hydrogen-bond donors (Lipinski definition) is 1. The molecule has 82 valence electrons. The highest BCUT2D eigenvalue weighted by Crippen LogP contribution is 2.18. The summed E-state index contributed by atoms with van der Waals surface area (Å²) in [5.74, 6) is 0. The third-order valence-electron chi connectivity index (χ3n) is 2.65. The smallest absolute Gasteiger partial charge is 0.0325 e. The van der Waals surface area contributed by atoms with E-state index in [1.807, 2.05) is 0 Å². The van der Waals surface area contributed by atoms with E-state index >= 15 is 0 Å². The van der Waals surface area contributed by atoms with Crippen LogP contribution in [0.15, 0.2) is 0 Å². The largest absolute Gasteiger partial charge is 0.313 e. The molecule has 0 bridgehead atoms. The second kappa shape index (κ2) is 7.34. The molecule has 0 aromatic heterocycles. The molecule has 0 aromatic rings. The van der Waals surface area contributed by atoms with Gasteiger partial charge in [0.05, 0.1) is 0 Å². The topological polar surface area (TPSA) is 23.5 Å². The van der Waals surface area contributed by atoms with E-state index < -0.39 is 0 Å². The Morgan fingerprint density at radius 3 is 1.69 bits per heavy atom. The zero-order valence-corrected chi connectivity index (χ0v) is 7.58. The van der Waals surface area contributed by atoms with Gasteiger partial charge in [-0.2, -0.15) is 5.06 Å². The maximum atomic E-state index is 9.58. The fourth-order valence-corrected chi connectivity index (χ4v) is 1.76. The van der Waals surface area contributed by atoms with Gasteiger partial charge in [0, 0.05) is 12.1 Å². The molecule has 1 saturated heterocycles. The van der Waals surface area contributed by atoms with Crippen molar-refractivity contribution in [3.05, 3.63) is 0 Å². The van der Waals surface area contributed by atoms with Gasteiger partial charge in [-0.1, -0.05) is 34.1 Å². The van der Waals surface area contributed by atoms with Crippen LogP contribution in [0.1, 0.15) is 60.8 Å². The summed E-state index contributed by atoms with van der Waals surface area (Å²) in [4.78, 5) is 0. The van der Waals surface area contributed by atoms with Crippen LogP contribution in [0.2, 0.25) is 0 Å². The van der Waals surface area contributed by atoms with Crippen LogP contribution in [-0.4, -0.2) is 22.4 Å². The first-order chi connectivity index (χ1) is 5.22. The molecular formula is C11H27NO. The minimum atomic E-state index is 0. The summed E-state index contributed by atoms with van der Waals surface area (Å²) in [5.41, 5.74) is 0. The van der Waals surface area contributed by atoms with Crippen LogP contribution in [0.4, 0.5) is 0 Å². The first kappa shape index (κ1) is 15.4. The lowest BCUT2D eigenvalue weighted by Crippen LogP contribution is -2.38. The van der Waals surface area contributed by atoms with E-state index in [-0.39, 0.29) is 14.9 Å². The lowest BCUT2D eigenvalue weighted by molar-refractivity contribution is -0.157. The molecule has 1 rings (SSSR count). The van der Waals surface area contributed by atoms with Crippen LogP contribution < -0.4 is 0 Å².